The molecule has 0 aromatic heterocycles. The number of morpholine rings is 1. The zero-order valence-corrected chi connectivity index (χ0v) is 15.8. The molecule has 0 spiro atoms. The van der Waals surface area contributed by atoms with Crippen LogP contribution in [0, 0.1) is 0 Å². The smallest absolute Gasteiger partial charge is 0.237 e. The number of ether oxygens (including phenoxy) is 1. The summed E-state index contributed by atoms with van der Waals surface area (Å²) in [5.74, 6) is 0.215. The van der Waals surface area contributed by atoms with Gasteiger partial charge in [0.15, 0.2) is 0 Å². The number of likely N-dealkylation sites (N-methyl/N-ethyl adjacent to an activating group) is 2. The third-order valence-corrected chi connectivity index (χ3v) is 5.35. The summed E-state index contributed by atoms with van der Waals surface area (Å²) in [5, 5.41) is 0. The van der Waals surface area contributed by atoms with E-state index in [-0.39, 0.29) is 18.1 Å². The number of carbonyl (C=O) groups is 1. The van der Waals surface area contributed by atoms with Crippen molar-refractivity contribution in [3.63, 3.8) is 0 Å². The quantitative estimate of drug-likeness (QED) is 0.815. The first kappa shape index (κ1) is 18.4. The molecular formula is C20H31N3O2. The maximum Gasteiger partial charge on any atom is 0.237 e. The van der Waals surface area contributed by atoms with Gasteiger partial charge < -0.3 is 14.5 Å². The Labute approximate surface area is 151 Å². The van der Waals surface area contributed by atoms with Gasteiger partial charge in [0.05, 0.1) is 25.3 Å². The third-order valence-electron chi connectivity index (χ3n) is 5.35. The van der Waals surface area contributed by atoms with E-state index < -0.39 is 0 Å². The molecule has 1 fully saturated rings. The second kappa shape index (κ2) is 8.30. The Hall–Kier alpha value is -1.43. The summed E-state index contributed by atoms with van der Waals surface area (Å²) >= 11 is 0. The number of benzene rings is 1. The van der Waals surface area contributed by atoms with Crippen LogP contribution in [0.4, 0.5) is 0 Å². The minimum Gasteiger partial charge on any atom is -0.374 e. The van der Waals surface area contributed by atoms with Crippen molar-refractivity contribution in [2.24, 2.45) is 0 Å². The summed E-state index contributed by atoms with van der Waals surface area (Å²) in [6, 6.07) is 8.79. The van der Waals surface area contributed by atoms with Gasteiger partial charge in [0, 0.05) is 26.7 Å². The van der Waals surface area contributed by atoms with Gasteiger partial charge in [-0.15, -0.1) is 0 Å². The van der Waals surface area contributed by atoms with E-state index in [0.717, 1.165) is 38.9 Å². The lowest BCUT2D eigenvalue weighted by molar-refractivity contribution is -0.135. The number of aryl methyl sites for hydroxylation is 1. The summed E-state index contributed by atoms with van der Waals surface area (Å²) in [6.45, 7) is 3.77. The van der Waals surface area contributed by atoms with Crippen molar-refractivity contribution >= 4 is 5.91 Å². The maximum absolute atomic E-state index is 12.9. The van der Waals surface area contributed by atoms with Crippen LogP contribution in [0.1, 0.15) is 30.0 Å². The molecule has 1 saturated heterocycles. The molecule has 2 atom stereocenters. The van der Waals surface area contributed by atoms with Crippen molar-refractivity contribution in [3.05, 3.63) is 35.4 Å². The van der Waals surface area contributed by atoms with Crippen LogP contribution >= 0.6 is 0 Å². The van der Waals surface area contributed by atoms with Crippen LogP contribution in [0.2, 0.25) is 0 Å². The summed E-state index contributed by atoms with van der Waals surface area (Å²) in [7, 11) is 6.08. The number of fused-ring (bicyclic) bond motifs is 1. The standard InChI is InChI=1S/C20H31N3O2/c1-21(2)13-17-14-23(11-12-25-17)15-20(24)22(3)19-10-6-8-16-7-4-5-9-18(16)19/h4-5,7,9,17,19H,6,8,10-15H2,1-3H3/t17-,19-/m1/s1. The van der Waals surface area contributed by atoms with Crippen molar-refractivity contribution < 1.29 is 9.53 Å². The summed E-state index contributed by atoms with van der Waals surface area (Å²) in [5.41, 5.74) is 2.73. The lowest BCUT2D eigenvalue weighted by atomic mass is 9.87. The van der Waals surface area contributed by atoms with Crippen molar-refractivity contribution in [1.29, 1.82) is 0 Å². The Morgan fingerprint density at radius 1 is 1.28 bits per heavy atom. The zero-order chi connectivity index (χ0) is 17.8. The molecule has 1 aromatic rings. The van der Waals surface area contributed by atoms with Crippen LogP contribution < -0.4 is 0 Å². The Balaban J connectivity index is 1.60. The molecule has 0 bridgehead atoms. The van der Waals surface area contributed by atoms with Crippen LogP contribution in [0.3, 0.4) is 0 Å². The lowest BCUT2D eigenvalue weighted by Crippen LogP contribution is -2.50. The van der Waals surface area contributed by atoms with E-state index in [1.165, 1.54) is 11.1 Å². The number of hydrogen-bond acceptors (Lipinski definition) is 4. The number of nitrogens with zero attached hydrogens (tertiary/aromatic N) is 3. The number of carbonyl (C=O) groups excluding carboxylic acids is 1. The molecule has 0 radical (unpaired) electrons. The van der Waals surface area contributed by atoms with Crippen LogP contribution in [0.15, 0.2) is 24.3 Å². The second-order valence-corrected chi connectivity index (χ2v) is 7.60. The topological polar surface area (TPSA) is 36.0 Å². The molecule has 1 aliphatic carbocycles. The van der Waals surface area contributed by atoms with E-state index in [0.29, 0.717) is 13.2 Å². The Kier molecular flexibility index (Phi) is 6.10. The molecule has 0 unspecified atom stereocenters. The molecule has 138 valence electrons. The molecule has 1 heterocycles. The molecule has 1 aliphatic heterocycles. The lowest BCUT2D eigenvalue weighted by Gasteiger charge is -2.37. The summed E-state index contributed by atoms with van der Waals surface area (Å²) < 4.78 is 5.82. The predicted octanol–water partition coefficient (Wildman–Crippen LogP) is 1.78. The van der Waals surface area contributed by atoms with Gasteiger partial charge >= 0.3 is 0 Å². The largest absolute Gasteiger partial charge is 0.374 e. The Morgan fingerprint density at radius 3 is 2.88 bits per heavy atom. The van der Waals surface area contributed by atoms with Gasteiger partial charge in [-0.25, -0.2) is 0 Å². The van der Waals surface area contributed by atoms with Crippen LogP contribution in [-0.2, 0) is 16.0 Å². The molecule has 1 amide bonds. The van der Waals surface area contributed by atoms with Gasteiger partial charge in [0.1, 0.15) is 0 Å². The number of hydrogen-bond donors (Lipinski definition) is 0. The van der Waals surface area contributed by atoms with Crippen molar-refractivity contribution in [2.75, 3.05) is 53.9 Å². The monoisotopic (exact) mass is 345 g/mol. The fraction of sp³-hybridized carbons (Fsp3) is 0.650. The van der Waals surface area contributed by atoms with Crippen molar-refractivity contribution in [3.8, 4) is 0 Å². The van der Waals surface area contributed by atoms with Gasteiger partial charge in [-0.3, -0.25) is 9.69 Å². The van der Waals surface area contributed by atoms with Gasteiger partial charge in [-0.05, 0) is 44.5 Å². The van der Waals surface area contributed by atoms with Gasteiger partial charge in [-0.2, -0.15) is 0 Å². The highest BCUT2D eigenvalue weighted by molar-refractivity contribution is 5.78. The first-order chi connectivity index (χ1) is 12.0. The van der Waals surface area contributed by atoms with E-state index in [1.807, 2.05) is 11.9 Å². The number of amides is 1. The molecule has 0 saturated carbocycles. The molecule has 25 heavy (non-hydrogen) atoms. The SMILES string of the molecule is CN(C)C[C@@H]1CN(CC(=O)N(C)[C@@H]2CCCc3ccccc32)CCO1. The molecule has 1 aromatic carbocycles. The van der Waals surface area contributed by atoms with E-state index in [4.69, 9.17) is 4.74 Å². The third kappa shape index (κ3) is 4.60. The Bertz CT molecular complexity index is 590. The van der Waals surface area contributed by atoms with Crippen LogP contribution in [-0.4, -0.2) is 80.6 Å². The van der Waals surface area contributed by atoms with Gasteiger partial charge in [-0.1, -0.05) is 24.3 Å². The first-order valence-electron chi connectivity index (χ1n) is 9.36. The van der Waals surface area contributed by atoms with Gasteiger partial charge in [0.25, 0.3) is 0 Å². The van der Waals surface area contributed by atoms with Crippen molar-refractivity contribution in [1.82, 2.24) is 14.7 Å². The van der Waals surface area contributed by atoms with Crippen LogP contribution in [0.5, 0.6) is 0 Å². The first-order valence-corrected chi connectivity index (χ1v) is 9.36. The molecule has 5 nitrogen and oxygen atoms in total. The second-order valence-electron chi connectivity index (χ2n) is 7.60. The van der Waals surface area contributed by atoms with E-state index >= 15 is 0 Å². The molecular weight excluding hydrogens is 314 g/mol. The fourth-order valence-corrected chi connectivity index (χ4v) is 4.05. The highest BCUT2D eigenvalue weighted by atomic mass is 16.5. The van der Waals surface area contributed by atoms with Gasteiger partial charge in [0.2, 0.25) is 5.91 Å². The van der Waals surface area contributed by atoms with Crippen LogP contribution in [0.25, 0.3) is 0 Å². The molecule has 0 N–H and O–H groups in total. The predicted molar refractivity (Wildman–Crippen MR) is 99.6 cm³/mol. The summed E-state index contributed by atoms with van der Waals surface area (Å²) in [4.78, 5) is 19.2. The van der Waals surface area contributed by atoms with E-state index in [1.54, 1.807) is 0 Å². The summed E-state index contributed by atoms with van der Waals surface area (Å²) in [6.07, 6.45) is 3.54. The molecule has 3 rings (SSSR count). The normalized spacial score (nSPS) is 24.2. The molecule has 5 heteroatoms. The van der Waals surface area contributed by atoms with E-state index in [2.05, 4.69) is 48.2 Å². The highest BCUT2D eigenvalue weighted by Gasteiger charge is 2.29. The average Bonchev–Trinajstić information content (AvgIpc) is 2.60. The van der Waals surface area contributed by atoms with Crippen molar-refractivity contribution in [2.45, 2.75) is 31.4 Å². The highest BCUT2D eigenvalue weighted by Crippen LogP contribution is 2.33. The molecule has 2 aliphatic rings. The minimum absolute atomic E-state index is 0.192. The Morgan fingerprint density at radius 2 is 2.08 bits per heavy atom. The zero-order valence-electron chi connectivity index (χ0n) is 15.8. The maximum atomic E-state index is 12.9. The minimum atomic E-state index is 0.192. The van der Waals surface area contributed by atoms with E-state index in [9.17, 15) is 4.79 Å². The number of rotatable bonds is 5. The fourth-order valence-electron chi connectivity index (χ4n) is 4.05. The average molecular weight is 345 g/mol.